The van der Waals surface area contributed by atoms with Crippen molar-refractivity contribution >= 4 is 15.9 Å². The van der Waals surface area contributed by atoms with Crippen molar-refractivity contribution in [3.05, 3.63) is 15.9 Å². The van der Waals surface area contributed by atoms with Crippen molar-refractivity contribution < 1.29 is 14.2 Å². The predicted octanol–water partition coefficient (Wildman–Crippen LogP) is 4.08. The third-order valence-corrected chi connectivity index (χ3v) is 5.77. The number of ether oxygens (including phenoxy) is 3. The van der Waals surface area contributed by atoms with Crippen molar-refractivity contribution in [1.82, 2.24) is 14.7 Å². The molecule has 0 N–H and O–H groups in total. The molecule has 1 aromatic heterocycles. The Morgan fingerprint density at radius 1 is 1.30 bits per heavy atom. The van der Waals surface area contributed by atoms with Gasteiger partial charge >= 0.3 is 0 Å². The van der Waals surface area contributed by atoms with Gasteiger partial charge in [-0.2, -0.15) is 5.10 Å². The Bertz CT molecular complexity index is 545. The molecule has 0 bridgehead atoms. The van der Waals surface area contributed by atoms with Gasteiger partial charge in [-0.15, -0.1) is 0 Å². The molecule has 0 spiro atoms. The maximum atomic E-state index is 6.24. The fourth-order valence-electron chi connectivity index (χ4n) is 3.31. The smallest absolute Gasteiger partial charge is 0.157 e. The van der Waals surface area contributed by atoms with Crippen molar-refractivity contribution in [2.75, 3.05) is 40.5 Å². The molecule has 2 heterocycles. The first-order chi connectivity index (χ1) is 13.0. The second-order valence-electron chi connectivity index (χ2n) is 7.45. The molecular formula is C20H36BrN3O3. The van der Waals surface area contributed by atoms with E-state index in [1.165, 1.54) is 12.1 Å². The van der Waals surface area contributed by atoms with Gasteiger partial charge < -0.3 is 19.1 Å². The number of aryl methyl sites for hydroxylation is 1. The highest BCUT2D eigenvalue weighted by Gasteiger charge is 2.22. The molecule has 0 aliphatic carbocycles. The van der Waals surface area contributed by atoms with Crippen LogP contribution in [0.25, 0.3) is 0 Å². The lowest BCUT2D eigenvalue weighted by Crippen LogP contribution is -2.22. The van der Waals surface area contributed by atoms with Crippen molar-refractivity contribution in [3.63, 3.8) is 0 Å². The van der Waals surface area contributed by atoms with Gasteiger partial charge in [0.1, 0.15) is 11.8 Å². The van der Waals surface area contributed by atoms with Gasteiger partial charge in [-0.1, -0.05) is 6.92 Å². The van der Waals surface area contributed by atoms with Crippen LogP contribution in [0.15, 0.2) is 4.47 Å². The van der Waals surface area contributed by atoms with Gasteiger partial charge in [0.05, 0.1) is 10.2 Å². The number of nitrogens with zero attached hydrogens (tertiary/aromatic N) is 3. The largest absolute Gasteiger partial charge is 0.372 e. The van der Waals surface area contributed by atoms with E-state index >= 15 is 0 Å². The van der Waals surface area contributed by atoms with E-state index in [-0.39, 0.29) is 12.4 Å². The van der Waals surface area contributed by atoms with Crippen LogP contribution in [0, 0.1) is 0 Å². The summed E-state index contributed by atoms with van der Waals surface area (Å²) in [6, 6.07) is 0. The lowest BCUT2D eigenvalue weighted by molar-refractivity contribution is -0.163. The first-order valence-corrected chi connectivity index (χ1v) is 11.0. The van der Waals surface area contributed by atoms with Gasteiger partial charge in [0.15, 0.2) is 6.29 Å². The molecule has 1 aromatic rings. The predicted molar refractivity (Wildman–Crippen MR) is 111 cm³/mol. The van der Waals surface area contributed by atoms with Crippen LogP contribution in [0.1, 0.15) is 62.9 Å². The number of hydrogen-bond donors (Lipinski definition) is 0. The molecule has 156 valence electrons. The van der Waals surface area contributed by atoms with Gasteiger partial charge in [-0.25, -0.2) is 0 Å². The van der Waals surface area contributed by atoms with E-state index in [4.69, 9.17) is 19.3 Å². The van der Waals surface area contributed by atoms with Crippen LogP contribution >= 0.6 is 15.9 Å². The second kappa shape index (κ2) is 12.2. The Labute approximate surface area is 172 Å². The highest BCUT2D eigenvalue weighted by molar-refractivity contribution is 9.10. The monoisotopic (exact) mass is 445 g/mol. The Balaban J connectivity index is 1.78. The molecule has 27 heavy (non-hydrogen) atoms. The first-order valence-electron chi connectivity index (χ1n) is 10.2. The molecule has 2 atom stereocenters. The number of halogens is 1. The van der Waals surface area contributed by atoms with Gasteiger partial charge in [-0.05, 0) is 75.0 Å². The van der Waals surface area contributed by atoms with E-state index in [2.05, 4.69) is 41.8 Å². The van der Waals surface area contributed by atoms with Crippen molar-refractivity contribution in [1.29, 1.82) is 0 Å². The highest BCUT2D eigenvalue weighted by atomic mass is 79.9. The lowest BCUT2D eigenvalue weighted by Gasteiger charge is -2.22. The van der Waals surface area contributed by atoms with E-state index in [9.17, 15) is 0 Å². The van der Waals surface area contributed by atoms with E-state index in [0.29, 0.717) is 0 Å². The molecule has 1 saturated heterocycles. The highest BCUT2D eigenvalue weighted by Crippen LogP contribution is 2.31. The van der Waals surface area contributed by atoms with Gasteiger partial charge in [0.25, 0.3) is 0 Å². The summed E-state index contributed by atoms with van der Waals surface area (Å²) in [5.74, 6) is 0. The Hall–Kier alpha value is -0.470. The summed E-state index contributed by atoms with van der Waals surface area (Å²) in [6.45, 7) is 5.41. The number of unbranched alkanes of at least 4 members (excludes halogenated alkanes) is 1. The third-order valence-electron chi connectivity index (χ3n) is 4.90. The molecule has 2 unspecified atom stereocenters. The van der Waals surface area contributed by atoms with E-state index in [1.807, 2.05) is 11.7 Å². The first kappa shape index (κ1) is 22.8. The molecule has 0 aromatic carbocycles. The summed E-state index contributed by atoms with van der Waals surface area (Å²) in [5.41, 5.74) is 2.23. The molecule has 0 radical (unpaired) electrons. The fraction of sp³-hybridized carbons (Fsp3) is 0.850. The minimum Gasteiger partial charge on any atom is -0.372 e. The normalized spacial score (nSPS) is 19.0. The van der Waals surface area contributed by atoms with E-state index in [1.54, 1.807) is 0 Å². The zero-order valence-corrected chi connectivity index (χ0v) is 19.0. The third kappa shape index (κ3) is 7.46. The zero-order chi connectivity index (χ0) is 19.6. The van der Waals surface area contributed by atoms with Crippen LogP contribution in [-0.4, -0.2) is 61.4 Å². The molecule has 1 aliphatic rings. The van der Waals surface area contributed by atoms with Crippen LogP contribution in [0.5, 0.6) is 0 Å². The minimum atomic E-state index is 0.00412. The molecule has 1 fully saturated rings. The lowest BCUT2D eigenvalue weighted by atomic mass is 10.1. The number of aromatic nitrogens is 2. The summed E-state index contributed by atoms with van der Waals surface area (Å²) in [7, 11) is 6.18. The van der Waals surface area contributed by atoms with E-state index < -0.39 is 0 Å². The van der Waals surface area contributed by atoms with Crippen LogP contribution < -0.4 is 0 Å². The summed E-state index contributed by atoms with van der Waals surface area (Å²) < 4.78 is 20.7. The van der Waals surface area contributed by atoms with Crippen molar-refractivity contribution in [2.24, 2.45) is 7.05 Å². The van der Waals surface area contributed by atoms with Crippen LogP contribution in [0.4, 0.5) is 0 Å². The molecule has 7 heteroatoms. The maximum Gasteiger partial charge on any atom is 0.157 e. The van der Waals surface area contributed by atoms with Gasteiger partial charge in [-0.3, -0.25) is 4.68 Å². The van der Waals surface area contributed by atoms with Crippen LogP contribution in [-0.2, 0) is 27.7 Å². The van der Waals surface area contributed by atoms with Crippen LogP contribution in [0.2, 0.25) is 0 Å². The molecule has 2 rings (SSSR count). The molecule has 6 nitrogen and oxygen atoms in total. The van der Waals surface area contributed by atoms with Crippen LogP contribution in [0.3, 0.4) is 0 Å². The summed E-state index contributed by atoms with van der Waals surface area (Å²) >= 11 is 3.74. The van der Waals surface area contributed by atoms with Gasteiger partial charge in [0.2, 0.25) is 0 Å². The van der Waals surface area contributed by atoms with E-state index in [0.717, 1.165) is 75.1 Å². The fourth-order valence-corrected chi connectivity index (χ4v) is 4.18. The minimum absolute atomic E-state index is 0.00412. The maximum absolute atomic E-state index is 6.24. The van der Waals surface area contributed by atoms with Crippen molar-refractivity contribution in [3.8, 4) is 0 Å². The topological polar surface area (TPSA) is 48.8 Å². The molecular weight excluding hydrogens is 410 g/mol. The quantitative estimate of drug-likeness (QED) is 0.453. The van der Waals surface area contributed by atoms with Crippen molar-refractivity contribution in [2.45, 2.75) is 64.3 Å². The Kier molecular flexibility index (Phi) is 10.3. The Morgan fingerprint density at radius 3 is 2.70 bits per heavy atom. The summed E-state index contributed by atoms with van der Waals surface area (Å²) in [5, 5.41) is 4.72. The molecule has 1 aliphatic heterocycles. The summed E-state index contributed by atoms with van der Waals surface area (Å²) in [4.78, 5) is 2.19. The Morgan fingerprint density at radius 2 is 2.07 bits per heavy atom. The number of hydrogen-bond acceptors (Lipinski definition) is 5. The molecule has 0 saturated carbocycles. The SMILES string of the molecule is CCc1c(Br)c(C(CCN(C)C)OCCCCOC2CCCCO2)nn1C. The van der Waals surface area contributed by atoms with Gasteiger partial charge in [0, 0.05) is 33.4 Å². The second-order valence-corrected chi connectivity index (χ2v) is 8.24. The number of rotatable bonds is 12. The molecule has 0 amide bonds. The average molecular weight is 446 g/mol. The standard InChI is InChI=1S/C20H36BrN3O3/c1-5-16-19(21)20(22-24(16)4)17(11-12-23(2)3)25-13-8-9-15-27-18-10-6-7-14-26-18/h17-18H,5-15H2,1-4H3. The zero-order valence-electron chi connectivity index (χ0n) is 17.4. The average Bonchev–Trinajstić information content (AvgIpc) is 2.94. The summed E-state index contributed by atoms with van der Waals surface area (Å²) in [6.07, 6.45) is 7.26.